The van der Waals surface area contributed by atoms with E-state index in [2.05, 4.69) is 24.5 Å². The number of benzene rings is 2. The number of nitro groups is 1. The minimum absolute atomic E-state index is 0.0390. The van der Waals surface area contributed by atoms with E-state index in [0.717, 1.165) is 12.2 Å². The van der Waals surface area contributed by atoms with Gasteiger partial charge in [-0.25, -0.2) is 0 Å². The lowest BCUT2D eigenvalue weighted by molar-refractivity contribution is -0.384. The molecule has 0 heterocycles. The monoisotopic (exact) mass is 442 g/mol. The van der Waals surface area contributed by atoms with Gasteiger partial charge >= 0.3 is 0 Å². The highest BCUT2D eigenvalue weighted by Crippen LogP contribution is 2.26. The normalized spacial score (nSPS) is 10.4. The van der Waals surface area contributed by atoms with Crippen molar-refractivity contribution in [3.05, 3.63) is 57.6 Å². The van der Waals surface area contributed by atoms with Crippen molar-refractivity contribution in [3.8, 4) is 0 Å². The van der Waals surface area contributed by atoms with Gasteiger partial charge in [-0.3, -0.25) is 19.7 Å². The van der Waals surface area contributed by atoms with Crippen molar-refractivity contribution in [2.75, 3.05) is 29.5 Å². The third-order valence-corrected chi connectivity index (χ3v) is 4.46. The minimum atomic E-state index is -0.477. The summed E-state index contributed by atoms with van der Waals surface area (Å²) in [7, 11) is 0. The highest BCUT2D eigenvalue weighted by atomic mass is 16.6. The zero-order valence-electron chi connectivity index (χ0n) is 19.7. The molecule has 0 aliphatic heterocycles. The van der Waals surface area contributed by atoms with Gasteiger partial charge in [0.1, 0.15) is 5.69 Å². The Bertz CT molecular complexity index is 955. The second-order valence-corrected chi connectivity index (χ2v) is 8.45. The van der Waals surface area contributed by atoms with Crippen molar-refractivity contribution in [3.63, 3.8) is 0 Å². The summed E-state index contributed by atoms with van der Waals surface area (Å²) in [5.41, 5.74) is 8.76. The molecule has 0 aliphatic carbocycles. The van der Waals surface area contributed by atoms with E-state index in [-0.39, 0.29) is 17.3 Å². The second-order valence-electron chi connectivity index (χ2n) is 8.45. The summed E-state index contributed by atoms with van der Waals surface area (Å²) in [5.74, 6) is 0.819. The molecule has 0 atom stereocenters. The van der Waals surface area contributed by atoms with Crippen LogP contribution in [0.1, 0.15) is 62.3 Å². The van der Waals surface area contributed by atoms with Crippen molar-refractivity contribution in [2.24, 2.45) is 11.8 Å². The molecule has 32 heavy (non-hydrogen) atoms. The first kappa shape index (κ1) is 26.6. The van der Waals surface area contributed by atoms with Gasteiger partial charge < -0.3 is 16.4 Å². The smallest absolute Gasteiger partial charge is 0.293 e. The van der Waals surface area contributed by atoms with Gasteiger partial charge in [-0.2, -0.15) is 0 Å². The number of nitrogens with one attached hydrogen (secondary N) is 2. The average Bonchev–Trinajstić information content (AvgIpc) is 2.71. The summed E-state index contributed by atoms with van der Waals surface area (Å²) in [6.07, 6.45) is 0. The van der Waals surface area contributed by atoms with Crippen molar-refractivity contribution >= 4 is 34.3 Å². The number of rotatable bonds is 9. The first-order valence-corrected chi connectivity index (χ1v) is 10.6. The Morgan fingerprint density at radius 1 is 0.875 bits per heavy atom. The molecule has 174 valence electrons. The maximum Gasteiger partial charge on any atom is 0.293 e. The van der Waals surface area contributed by atoms with Gasteiger partial charge in [0, 0.05) is 30.3 Å². The molecule has 0 aliphatic rings. The number of hydrogen-bond donors (Lipinski definition) is 3. The Morgan fingerprint density at radius 3 is 1.72 bits per heavy atom. The molecule has 8 heteroatoms. The largest absolute Gasteiger partial charge is 0.397 e. The summed E-state index contributed by atoms with van der Waals surface area (Å²) in [6, 6.07) is 9.85. The zero-order valence-corrected chi connectivity index (χ0v) is 19.7. The SMILES string of the molecule is CC(=O)c1ccc(NCC(C)C)c(N)c1.CC(=O)c1ccc(NCC(C)C)c([N+](=O)[O-])c1. The average molecular weight is 443 g/mol. The van der Waals surface area contributed by atoms with Crippen molar-refractivity contribution in [2.45, 2.75) is 41.5 Å². The first-order valence-electron chi connectivity index (χ1n) is 10.6. The van der Waals surface area contributed by atoms with Gasteiger partial charge in [0.2, 0.25) is 0 Å². The van der Waals surface area contributed by atoms with Crippen LogP contribution < -0.4 is 16.4 Å². The van der Waals surface area contributed by atoms with Gasteiger partial charge in [0.25, 0.3) is 5.69 Å². The molecule has 0 aromatic heterocycles. The summed E-state index contributed by atoms with van der Waals surface area (Å²) in [4.78, 5) is 32.7. The number of nitro benzene ring substituents is 1. The Morgan fingerprint density at radius 2 is 1.31 bits per heavy atom. The quantitative estimate of drug-likeness (QED) is 0.205. The fraction of sp³-hybridized carbons (Fsp3) is 0.417. The predicted octanol–water partition coefficient (Wildman–Crippen LogP) is 5.40. The van der Waals surface area contributed by atoms with Gasteiger partial charge in [-0.1, -0.05) is 27.7 Å². The van der Waals surface area contributed by atoms with Crippen LogP contribution in [-0.2, 0) is 0 Å². The Kier molecular flexibility index (Phi) is 10.3. The lowest BCUT2D eigenvalue weighted by atomic mass is 10.1. The molecule has 8 nitrogen and oxygen atoms in total. The lowest BCUT2D eigenvalue weighted by Crippen LogP contribution is -2.10. The third kappa shape index (κ3) is 8.75. The number of Topliss-reactive ketones (excluding diaryl/α,β-unsaturated/α-hetero) is 2. The third-order valence-electron chi connectivity index (χ3n) is 4.46. The van der Waals surface area contributed by atoms with Crippen LogP contribution in [0.4, 0.5) is 22.7 Å². The number of nitrogens with zero attached hydrogens (tertiary/aromatic N) is 1. The molecule has 0 fully saturated rings. The van der Waals surface area contributed by atoms with E-state index in [1.165, 1.54) is 19.9 Å². The summed E-state index contributed by atoms with van der Waals surface area (Å²) >= 11 is 0. The highest BCUT2D eigenvalue weighted by molar-refractivity contribution is 5.96. The standard InChI is InChI=1S/C12H16N2O3.C12H18N2O/c1-8(2)7-13-11-5-4-10(9(3)15)6-12(11)14(16)17;1-8(2)7-14-12-5-4-10(9(3)15)6-11(12)13/h4-6,8,13H,7H2,1-3H3;4-6,8,14H,7,13H2,1-3H3. The van der Waals surface area contributed by atoms with Crippen LogP contribution in [0.25, 0.3) is 0 Å². The molecule has 0 saturated carbocycles. The fourth-order valence-electron chi connectivity index (χ4n) is 2.62. The van der Waals surface area contributed by atoms with Crippen LogP contribution in [0.5, 0.6) is 0 Å². The Labute approximate surface area is 189 Å². The molecule has 2 aromatic rings. The molecule has 2 rings (SSSR count). The second kappa shape index (κ2) is 12.4. The molecule has 0 bridgehead atoms. The number of carbonyl (C=O) groups is 2. The van der Waals surface area contributed by atoms with Crippen LogP contribution in [0.2, 0.25) is 0 Å². The van der Waals surface area contributed by atoms with E-state index in [9.17, 15) is 19.7 Å². The van der Waals surface area contributed by atoms with E-state index in [0.29, 0.717) is 40.9 Å². The summed E-state index contributed by atoms with van der Waals surface area (Å²) in [5, 5.41) is 17.1. The molecular weight excluding hydrogens is 408 g/mol. The van der Waals surface area contributed by atoms with Crippen LogP contribution in [0.3, 0.4) is 0 Å². The molecule has 0 amide bonds. The van der Waals surface area contributed by atoms with Crippen LogP contribution >= 0.6 is 0 Å². The van der Waals surface area contributed by atoms with Gasteiger partial charge in [0.15, 0.2) is 11.6 Å². The van der Waals surface area contributed by atoms with Crippen LogP contribution in [-0.4, -0.2) is 29.6 Å². The van der Waals surface area contributed by atoms with Crippen LogP contribution in [0.15, 0.2) is 36.4 Å². The highest BCUT2D eigenvalue weighted by Gasteiger charge is 2.16. The molecule has 0 spiro atoms. The van der Waals surface area contributed by atoms with E-state index < -0.39 is 4.92 Å². The maximum absolute atomic E-state index is 11.2. The van der Waals surface area contributed by atoms with Crippen molar-refractivity contribution < 1.29 is 14.5 Å². The molecule has 4 N–H and O–H groups in total. The van der Waals surface area contributed by atoms with E-state index in [4.69, 9.17) is 5.73 Å². The van der Waals surface area contributed by atoms with E-state index in [1.807, 2.05) is 19.9 Å². The Balaban J connectivity index is 0.000000323. The molecule has 2 aromatic carbocycles. The molecule has 0 unspecified atom stereocenters. The Hall–Kier alpha value is -3.42. The van der Waals surface area contributed by atoms with E-state index in [1.54, 1.807) is 24.3 Å². The first-order chi connectivity index (χ1) is 14.9. The minimum Gasteiger partial charge on any atom is -0.397 e. The fourth-order valence-corrected chi connectivity index (χ4v) is 2.62. The number of anilines is 3. The number of carbonyl (C=O) groups excluding carboxylic acids is 2. The zero-order chi connectivity index (χ0) is 24.4. The molecular formula is C24H34N4O4. The topological polar surface area (TPSA) is 127 Å². The van der Waals surface area contributed by atoms with Gasteiger partial charge in [-0.15, -0.1) is 0 Å². The van der Waals surface area contributed by atoms with Crippen LogP contribution in [0, 0.1) is 22.0 Å². The predicted molar refractivity (Wildman–Crippen MR) is 131 cm³/mol. The summed E-state index contributed by atoms with van der Waals surface area (Å²) in [6.45, 7) is 12.8. The maximum atomic E-state index is 11.2. The van der Waals surface area contributed by atoms with Crippen molar-refractivity contribution in [1.82, 2.24) is 0 Å². The number of nitrogen functional groups attached to an aromatic ring is 1. The van der Waals surface area contributed by atoms with E-state index >= 15 is 0 Å². The molecule has 0 saturated heterocycles. The summed E-state index contributed by atoms with van der Waals surface area (Å²) < 4.78 is 0. The molecule has 0 radical (unpaired) electrons. The number of nitrogens with two attached hydrogens (primary N) is 1. The van der Waals surface area contributed by atoms with Crippen molar-refractivity contribution in [1.29, 1.82) is 0 Å². The number of hydrogen-bond acceptors (Lipinski definition) is 7. The van der Waals surface area contributed by atoms with Gasteiger partial charge in [0.05, 0.1) is 16.3 Å². The lowest BCUT2D eigenvalue weighted by Gasteiger charge is -2.11. The number of ketones is 2. The van der Waals surface area contributed by atoms with Gasteiger partial charge in [-0.05, 0) is 56.0 Å².